The van der Waals surface area contributed by atoms with Gasteiger partial charge < -0.3 is 20.6 Å². The summed E-state index contributed by atoms with van der Waals surface area (Å²) in [7, 11) is 0. The second-order valence-electron chi connectivity index (χ2n) is 3.70. The summed E-state index contributed by atoms with van der Waals surface area (Å²) in [6.07, 6.45) is -1.38. The fourth-order valence-electron chi connectivity index (χ4n) is 0.955. The smallest absolute Gasteiger partial charge is 0.103 e. The molecule has 0 aliphatic rings. The summed E-state index contributed by atoms with van der Waals surface area (Å²) in [5, 5.41) is 29.9. The van der Waals surface area contributed by atoms with Crippen molar-refractivity contribution in [2.75, 3.05) is 19.7 Å². The molecule has 0 saturated heterocycles. The molecule has 13 heavy (non-hydrogen) atoms. The summed E-state index contributed by atoms with van der Waals surface area (Å²) in [5.74, 6) is 0.583. The van der Waals surface area contributed by atoms with E-state index in [1.165, 1.54) is 0 Å². The Morgan fingerprint density at radius 2 is 1.77 bits per heavy atom. The molecule has 4 N–H and O–H groups in total. The number of hydrogen-bond acceptors (Lipinski definition) is 4. The minimum Gasteiger partial charge on any atom is -0.394 e. The van der Waals surface area contributed by atoms with Crippen LogP contribution in [0, 0.1) is 5.92 Å². The molecule has 2 atom stereocenters. The van der Waals surface area contributed by atoms with Crippen molar-refractivity contribution in [1.29, 1.82) is 0 Å². The SMILES string of the molecule is CC(C)CNCCC(O)C(O)CO. The molecule has 0 aliphatic heterocycles. The van der Waals surface area contributed by atoms with Gasteiger partial charge in [-0.3, -0.25) is 0 Å². The third kappa shape index (κ3) is 6.95. The largest absolute Gasteiger partial charge is 0.394 e. The normalized spacial score (nSPS) is 16.2. The van der Waals surface area contributed by atoms with Gasteiger partial charge in [0.1, 0.15) is 6.10 Å². The number of aliphatic hydroxyl groups excluding tert-OH is 3. The Hall–Kier alpha value is -0.160. The Bertz CT molecular complexity index is 119. The molecule has 0 saturated carbocycles. The first-order valence-corrected chi connectivity index (χ1v) is 4.75. The number of nitrogens with one attached hydrogen (secondary N) is 1. The van der Waals surface area contributed by atoms with Gasteiger partial charge in [-0.05, 0) is 25.4 Å². The number of hydrogen-bond donors (Lipinski definition) is 4. The molecule has 0 rings (SSSR count). The fraction of sp³-hybridized carbons (Fsp3) is 1.00. The Morgan fingerprint density at radius 3 is 2.23 bits per heavy atom. The van der Waals surface area contributed by atoms with Gasteiger partial charge in [-0.15, -0.1) is 0 Å². The van der Waals surface area contributed by atoms with E-state index in [2.05, 4.69) is 19.2 Å². The zero-order valence-electron chi connectivity index (χ0n) is 8.40. The quantitative estimate of drug-likeness (QED) is 0.403. The van der Waals surface area contributed by atoms with Crippen LogP contribution in [0.5, 0.6) is 0 Å². The average Bonchev–Trinajstić information content (AvgIpc) is 2.10. The first-order chi connectivity index (χ1) is 6.07. The van der Waals surface area contributed by atoms with Gasteiger partial charge in [0, 0.05) is 0 Å². The molecule has 0 aromatic heterocycles. The van der Waals surface area contributed by atoms with Crippen LogP contribution in [-0.2, 0) is 0 Å². The highest BCUT2D eigenvalue weighted by atomic mass is 16.4. The molecular weight excluding hydrogens is 170 g/mol. The second-order valence-corrected chi connectivity index (χ2v) is 3.70. The molecule has 0 fully saturated rings. The highest BCUT2D eigenvalue weighted by Crippen LogP contribution is 1.97. The summed E-state index contributed by atoms with van der Waals surface area (Å²) >= 11 is 0. The van der Waals surface area contributed by atoms with E-state index in [4.69, 9.17) is 10.2 Å². The Labute approximate surface area is 79.6 Å². The Balaban J connectivity index is 3.31. The molecule has 0 spiro atoms. The van der Waals surface area contributed by atoms with E-state index >= 15 is 0 Å². The summed E-state index contributed by atoms with van der Waals surface area (Å²) in [5.41, 5.74) is 0. The van der Waals surface area contributed by atoms with Crippen molar-refractivity contribution < 1.29 is 15.3 Å². The van der Waals surface area contributed by atoms with Crippen molar-refractivity contribution in [3.05, 3.63) is 0 Å². The maximum Gasteiger partial charge on any atom is 0.103 e. The Morgan fingerprint density at radius 1 is 1.15 bits per heavy atom. The van der Waals surface area contributed by atoms with Gasteiger partial charge in [0.05, 0.1) is 12.7 Å². The molecule has 4 nitrogen and oxygen atoms in total. The predicted molar refractivity (Wildman–Crippen MR) is 51.4 cm³/mol. The maximum atomic E-state index is 9.23. The van der Waals surface area contributed by atoms with Crippen LogP contribution in [0.3, 0.4) is 0 Å². The van der Waals surface area contributed by atoms with E-state index in [0.717, 1.165) is 6.54 Å². The molecule has 4 heteroatoms. The van der Waals surface area contributed by atoms with Crippen LogP contribution in [0.1, 0.15) is 20.3 Å². The summed E-state index contributed by atoms with van der Waals surface area (Å²) < 4.78 is 0. The van der Waals surface area contributed by atoms with Gasteiger partial charge in [0.15, 0.2) is 0 Å². The Kier molecular flexibility index (Phi) is 7.17. The van der Waals surface area contributed by atoms with Crippen LogP contribution >= 0.6 is 0 Å². The van der Waals surface area contributed by atoms with Crippen molar-refractivity contribution in [2.45, 2.75) is 32.5 Å². The zero-order chi connectivity index (χ0) is 10.3. The maximum absolute atomic E-state index is 9.23. The van der Waals surface area contributed by atoms with Crippen molar-refractivity contribution >= 4 is 0 Å². The van der Waals surface area contributed by atoms with Crippen LogP contribution < -0.4 is 5.32 Å². The lowest BCUT2D eigenvalue weighted by Gasteiger charge is -2.15. The highest BCUT2D eigenvalue weighted by molar-refractivity contribution is 4.67. The third-order valence-corrected chi connectivity index (χ3v) is 1.80. The first-order valence-electron chi connectivity index (χ1n) is 4.75. The van der Waals surface area contributed by atoms with E-state index < -0.39 is 12.2 Å². The first kappa shape index (κ1) is 12.8. The number of rotatable bonds is 7. The van der Waals surface area contributed by atoms with Gasteiger partial charge in [0.25, 0.3) is 0 Å². The summed E-state index contributed by atoms with van der Waals surface area (Å²) in [6, 6.07) is 0. The van der Waals surface area contributed by atoms with Crippen LogP contribution in [0.2, 0.25) is 0 Å². The molecule has 0 aliphatic carbocycles. The highest BCUT2D eigenvalue weighted by Gasteiger charge is 2.13. The van der Waals surface area contributed by atoms with Crippen molar-refractivity contribution in [2.24, 2.45) is 5.92 Å². The van der Waals surface area contributed by atoms with E-state index in [9.17, 15) is 5.11 Å². The molecule has 0 amide bonds. The minimum atomic E-state index is -1.01. The lowest BCUT2D eigenvalue weighted by atomic mass is 10.1. The van der Waals surface area contributed by atoms with Gasteiger partial charge in [-0.1, -0.05) is 13.8 Å². The lowest BCUT2D eigenvalue weighted by molar-refractivity contribution is -0.0172. The van der Waals surface area contributed by atoms with E-state index in [-0.39, 0.29) is 6.61 Å². The predicted octanol–water partition coefficient (Wildman–Crippen LogP) is -0.664. The van der Waals surface area contributed by atoms with E-state index in [1.807, 2.05) is 0 Å². The molecule has 0 bridgehead atoms. The van der Waals surface area contributed by atoms with Crippen molar-refractivity contribution in [3.8, 4) is 0 Å². The third-order valence-electron chi connectivity index (χ3n) is 1.80. The molecule has 2 unspecified atom stereocenters. The minimum absolute atomic E-state index is 0.384. The standard InChI is InChI=1S/C9H21NO3/c1-7(2)5-10-4-3-8(12)9(13)6-11/h7-13H,3-6H2,1-2H3. The van der Waals surface area contributed by atoms with Crippen LogP contribution in [0.15, 0.2) is 0 Å². The molecule has 80 valence electrons. The van der Waals surface area contributed by atoms with Crippen LogP contribution in [0.4, 0.5) is 0 Å². The fourth-order valence-corrected chi connectivity index (χ4v) is 0.955. The zero-order valence-corrected chi connectivity index (χ0v) is 8.40. The summed E-state index contributed by atoms with van der Waals surface area (Å²) in [6.45, 7) is 5.39. The molecule has 0 aromatic rings. The average molecular weight is 191 g/mol. The number of aliphatic hydroxyl groups is 3. The van der Waals surface area contributed by atoms with E-state index in [0.29, 0.717) is 18.9 Å². The molecule has 0 heterocycles. The van der Waals surface area contributed by atoms with Gasteiger partial charge in [0.2, 0.25) is 0 Å². The summed E-state index contributed by atoms with van der Waals surface area (Å²) in [4.78, 5) is 0. The topological polar surface area (TPSA) is 72.7 Å². The van der Waals surface area contributed by atoms with Gasteiger partial charge in [-0.2, -0.15) is 0 Å². The molecule has 0 radical (unpaired) electrons. The molecular formula is C9H21NO3. The second kappa shape index (κ2) is 7.26. The lowest BCUT2D eigenvalue weighted by Crippen LogP contribution is -2.33. The van der Waals surface area contributed by atoms with E-state index in [1.54, 1.807) is 0 Å². The van der Waals surface area contributed by atoms with Crippen molar-refractivity contribution in [1.82, 2.24) is 5.32 Å². The van der Waals surface area contributed by atoms with Gasteiger partial charge in [-0.25, -0.2) is 0 Å². The van der Waals surface area contributed by atoms with Crippen LogP contribution in [-0.4, -0.2) is 47.2 Å². The molecule has 0 aromatic carbocycles. The monoisotopic (exact) mass is 191 g/mol. The van der Waals surface area contributed by atoms with Gasteiger partial charge >= 0.3 is 0 Å². The van der Waals surface area contributed by atoms with Crippen molar-refractivity contribution in [3.63, 3.8) is 0 Å². The van der Waals surface area contributed by atoms with Crippen LogP contribution in [0.25, 0.3) is 0 Å².